The number of benzene rings is 2. The van der Waals surface area contributed by atoms with E-state index in [2.05, 4.69) is 4.98 Å². The molecule has 1 atom stereocenters. The molecule has 0 bridgehead atoms. The molecule has 2 aromatic carbocycles. The maximum Gasteiger partial charge on any atom is 0.356 e. The molecule has 0 fully saturated rings. The van der Waals surface area contributed by atoms with E-state index in [4.69, 9.17) is 19.2 Å². The fraction of sp³-hybridized carbons (Fsp3) is 0.120. The normalized spacial score (nSPS) is 11.5. The molecule has 0 amide bonds. The largest absolute Gasteiger partial charge is 0.497 e. The smallest absolute Gasteiger partial charge is 0.356 e. The molecular formula is C25H22N4O5. The summed E-state index contributed by atoms with van der Waals surface area (Å²) in [7, 11) is 1.60. The van der Waals surface area contributed by atoms with E-state index in [0.29, 0.717) is 11.3 Å². The van der Waals surface area contributed by atoms with Crippen LogP contribution in [-0.2, 0) is 0 Å². The highest BCUT2D eigenvalue weighted by molar-refractivity contribution is 5.42. The molecule has 0 radical (unpaired) electrons. The van der Waals surface area contributed by atoms with E-state index in [9.17, 15) is 9.59 Å². The monoisotopic (exact) mass is 458 g/mol. The molecular weight excluding hydrogens is 436 g/mol. The Labute approximate surface area is 193 Å². The highest BCUT2D eigenvalue weighted by atomic mass is 16.5. The summed E-state index contributed by atoms with van der Waals surface area (Å²) < 4.78 is 18.0. The molecule has 34 heavy (non-hydrogen) atoms. The summed E-state index contributed by atoms with van der Waals surface area (Å²) in [4.78, 5) is 29.0. The number of hydrogen-bond acceptors (Lipinski definition) is 7. The highest BCUT2D eigenvalue weighted by Gasteiger charge is 2.18. The summed E-state index contributed by atoms with van der Waals surface area (Å²) in [5.74, 6) is 0.749. The average Bonchev–Trinajstić information content (AvgIpc) is 2.93. The van der Waals surface area contributed by atoms with Gasteiger partial charge in [-0.3, -0.25) is 5.41 Å². The zero-order valence-corrected chi connectivity index (χ0v) is 18.5. The van der Waals surface area contributed by atoms with E-state index >= 15 is 0 Å². The molecule has 0 saturated heterocycles. The lowest BCUT2D eigenvalue weighted by atomic mass is 9.93. The molecule has 172 valence electrons. The maximum absolute atomic E-state index is 12.4. The zero-order valence-electron chi connectivity index (χ0n) is 18.5. The van der Waals surface area contributed by atoms with Gasteiger partial charge in [-0.15, -0.1) is 9.48 Å². The Hall–Kier alpha value is -4.66. The molecule has 2 aromatic heterocycles. The lowest BCUT2D eigenvalue weighted by Gasteiger charge is -2.16. The van der Waals surface area contributed by atoms with Crippen molar-refractivity contribution < 1.29 is 13.8 Å². The average molecular weight is 458 g/mol. The first-order valence-corrected chi connectivity index (χ1v) is 10.4. The quantitative estimate of drug-likeness (QED) is 0.490. The molecule has 0 aliphatic heterocycles. The van der Waals surface area contributed by atoms with E-state index in [-0.39, 0.29) is 11.7 Å². The van der Waals surface area contributed by atoms with Crippen LogP contribution in [-0.4, -0.2) is 21.6 Å². The van der Waals surface area contributed by atoms with Gasteiger partial charge in [0.15, 0.2) is 5.82 Å². The van der Waals surface area contributed by atoms with Crippen molar-refractivity contribution in [1.82, 2.24) is 14.5 Å². The standard InChI is InChI=1S/C25H22N4O5/c1-17(18-10-12-20(32-2)13-11-18)21-9-6-16-27-24(21)29-25(26)28(19-7-4-3-5-8-19)33-22(30)14-15-23(31)34-29/h3-17,26H,1-2H3. The third kappa shape index (κ3) is 4.73. The fourth-order valence-corrected chi connectivity index (χ4v) is 3.42. The van der Waals surface area contributed by atoms with Crippen LogP contribution in [0.3, 0.4) is 0 Å². The summed E-state index contributed by atoms with van der Waals surface area (Å²) in [6.07, 6.45) is 1.53. The Morgan fingerprint density at radius 2 is 1.50 bits per heavy atom. The second kappa shape index (κ2) is 9.86. The van der Waals surface area contributed by atoms with Gasteiger partial charge in [-0.2, -0.15) is 0 Å². The Kier molecular flexibility index (Phi) is 6.54. The number of aromatic nitrogens is 3. The molecule has 0 spiro atoms. The SMILES string of the molecule is COc1ccc(C(C)c2cccnc2-n2oc(=O)ccc(=O)on(-c3ccccc3)c2=N)cc1. The van der Waals surface area contributed by atoms with Crippen molar-refractivity contribution in [1.29, 1.82) is 5.41 Å². The lowest BCUT2D eigenvalue weighted by Crippen LogP contribution is -2.30. The molecule has 0 saturated carbocycles. The molecule has 0 aliphatic carbocycles. The minimum absolute atomic E-state index is 0.183. The van der Waals surface area contributed by atoms with E-state index in [1.807, 2.05) is 37.3 Å². The van der Waals surface area contributed by atoms with Crippen molar-refractivity contribution in [3.63, 3.8) is 0 Å². The van der Waals surface area contributed by atoms with Crippen LogP contribution in [0.25, 0.3) is 11.5 Å². The number of rotatable bonds is 5. The first-order chi connectivity index (χ1) is 16.5. The highest BCUT2D eigenvalue weighted by Crippen LogP contribution is 2.28. The third-order valence-electron chi connectivity index (χ3n) is 5.19. The van der Waals surface area contributed by atoms with Crippen LogP contribution in [0.15, 0.2) is 104 Å². The molecule has 4 rings (SSSR count). The van der Waals surface area contributed by atoms with Crippen LogP contribution in [0.4, 0.5) is 0 Å². The summed E-state index contributed by atoms with van der Waals surface area (Å²) in [5, 5.41) is 8.80. The molecule has 0 aliphatic rings. The van der Waals surface area contributed by atoms with Crippen molar-refractivity contribution >= 4 is 0 Å². The predicted molar refractivity (Wildman–Crippen MR) is 124 cm³/mol. The van der Waals surface area contributed by atoms with Gasteiger partial charge in [0.05, 0.1) is 12.8 Å². The van der Waals surface area contributed by atoms with E-state index < -0.39 is 16.9 Å². The summed E-state index contributed by atoms with van der Waals surface area (Å²) in [5.41, 5.74) is -0.0851. The number of ether oxygens (including phenoxy) is 1. The molecule has 9 nitrogen and oxygen atoms in total. The Morgan fingerprint density at radius 1 is 0.853 bits per heavy atom. The van der Waals surface area contributed by atoms with Crippen LogP contribution in [0.1, 0.15) is 24.0 Å². The number of methoxy groups -OCH3 is 1. The van der Waals surface area contributed by atoms with Crippen LogP contribution < -0.4 is 21.6 Å². The topological polar surface area (TPSA) is 116 Å². The van der Waals surface area contributed by atoms with Crippen LogP contribution in [0.2, 0.25) is 0 Å². The van der Waals surface area contributed by atoms with Gasteiger partial charge in [0, 0.05) is 29.8 Å². The van der Waals surface area contributed by atoms with E-state index in [1.165, 1.54) is 6.20 Å². The van der Waals surface area contributed by atoms with Crippen molar-refractivity contribution in [2.75, 3.05) is 7.11 Å². The Balaban J connectivity index is 2.00. The first kappa shape index (κ1) is 22.5. The Bertz CT molecular complexity index is 1510. The number of nitrogens with zero attached hydrogens (tertiary/aromatic N) is 3. The first-order valence-electron chi connectivity index (χ1n) is 10.4. The van der Waals surface area contributed by atoms with Crippen LogP contribution in [0, 0.1) is 5.41 Å². The third-order valence-corrected chi connectivity index (χ3v) is 5.19. The van der Waals surface area contributed by atoms with Crippen molar-refractivity contribution in [3.8, 4) is 17.3 Å². The van der Waals surface area contributed by atoms with Crippen molar-refractivity contribution in [2.45, 2.75) is 12.8 Å². The minimum Gasteiger partial charge on any atom is -0.497 e. The lowest BCUT2D eigenvalue weighted by molar-refractivity contribution is 0.232. The minimum atomic E-state index is -0.856. The van der Waals surface area contributed by atoms with Gasteiger partial charge in [-0.25, -0.2) is 14.6 Å². The van der Waals surface area contributed by atoms with Gasteiger partial charge in [-0.1, -0.05) is 43.3 Å². The summed E-state index contributed by atoms with van der Waals surface area (Å²) in [6, 6.07) is 21.6. The van der Waals surface area contributed by atoms with E-state index in [0.717, 1.165) is 32.9 Å². The van der Waals surface area contributed by atoms with Gasteiger partial charge in [0.1, 0.15) is 5.75 Å². The van der Waals surface area contributed by atoms with Gasteiger partial charge >= 0.3 is 11.3 Å². The van der Waals surface area contributed by atoms with E-state index in [1.54, 1.807) is 43.5 Å². The maximum atomic E-state index is 12.4. The summed E-state index contributed by atoms with van der Waals surface area (Å²) in [6.45, 7) is 1.97. The number of para-hydroxylation sites is 1. The molecule has 1 unspecified atom stereocenters. The summed E-state index contributed by atoms with van der Waals surface area (Å²) >= 11 is 0. The number of pyridine rings is 1. The molecule has 4 aromatic rings. The number of nitrogens with one attached hydrogen (secondary N) is 1. The second-order valence-electron chi connectivity index (χ2n) is 7.31. The van der Waals surface area contributed by atoms with Gasteiger partial charge in [0.2, 0.25) is 0 Å². The molecule has 9 heteroatoms. The second-order valence-corrected chi connectivity index (χ2v) is 7.31. The van der Waals surface area contributed by atoms with Gasteiger partial charge < -0.3 is 13.8 Å². The molecule has 1 N–H and O–H groups in total. The van der Waals surface area contributed by atoms with Crippen LogP contribution in [0.5, 0.6) is 5.75 Å². The van der Waals surface area contributed by atoms with Gasteiger partial charge in [0.25, 0.3) is 5.62 Å². The van der Waals surface area contributed by atoms with Crippen molar-refractivity contribution in [3.05, 3.63) is 123 Å². The number of hydrogen-bond donors (Lipinski definition) is 1. The van der Waals surface area contributed by atoms with Crippen molar-refractivity contribution in [2.24, 2.45) is 0 Å². The zero-order chi connectivity index (χ0) is 24.1. The fourth-order valence-electron chi connectivity index (χ4n) is 3.42. The van der Waals surface area contributed by atoms with Gasteiger partial charge in [-0.05, 0) is 35.9 Å². The molecule has 2 heterocycles. The predicted octanol–water partition coefficient (Wildman–Crippen LogP) is 3.33. The Morgan fingerprint density at radius 3 is 2.15 bits per heavy atom. The van der Waals surface area contributed by atoms with Crippen LogP contribution >= 0.6 is 0 Å².